The molecule has 7 nitrogen and oxygen atoms in total. The fourth-order valence-electron chi connectivity index (χ4n) is 2.78. The van der Waals surface area contributed by atoms with E-state index in [1.54, 1.807) is 0 Å². The molecule has 7 heteroatoms. The zero-order valence-electron chi connectivity index (χ0n) is 12.8. The van der Waals surface area contributed by atoms with Gasteiger partial charge in [-0.3, -0.25) is 10.1 Å². The number of rotatable bonds is 6. The van der Waals surface area contributed by atoms with Crippen LogP contribution in [-0.2, 0) is 0 Å². The van der Waals surface area contributed by atoms with Crippen LogP contribution >= 0.6 is 0 Å². The second-order valence-electron chi connectivity index (χ2n) is 6.35. The van der Waals surface area contributed by atoms with E-state index in [2.05, 4.69) is 34.4 Å². The SMILES string of the molecule is CCCNc1ncnc(NC2CCC(C)(C)C2)c1[N+](=O)[O-]. The third-order valence-corrected chi connectivity index (χ3v) is 3.86. The fraction of sp³-hybridized carbons (Fsp3) is 0.714. The normalized spacial score (nSPS) is 20.2. The highest BCUT2D eigenvalue weighted by molar-refractivity contribution is 5.69. The van der Waals surface area contributed by atoms with Crippen LogP contribution in [0.25, 0.3) is 0 Å². The molecule has 1 saturated carbocycles. The highest BCUT2D eigenvalue weighted by Gasteiger charge is 2.33. The van der Waals surface area contributed by atoms with Gasteiger partial charge < -0.3 is 10.6 Å². The van der Waals surface area contributed by atoms with E-state index in [0.717, 1.165) is 25.7 Å². The summed E-state index contributed by atoms with van der Waals surface area (Å²) in [6.07, 6.45) is 5.36. The molecular formula is C14H23N5O2. The Balaban J connectivity index is 2.20. The Morgan fingerprint density at radius 1 is 1.43 bits per heavy atom. The van der Waals surface area contributed by atoms with Gasteiger partial charge in [0.2, 0.25) is 11.6 Å². The molecule has 1 fully saturated rings. The first-order chi connectivity index (χ1) is 9.93. The van der Waals surface area contributed by atoms with Crippen LogP contribution in [0.5, 0.6) is 0 Å². The molecule has 0 radical (unpaired) electrons. The molecule has 1 unspecified atom stereocenters. The van der Waals surface area contributed by atoms with E-state index in [1.165, 1.54) is 6.33 Å². The zero-order valence-corrected chi connectivity index (χ0v) is 12.8. The number of aromatic nitrogens is 2. The molecule has 0 saturated heterocycles. The lowest BCUT2D eigenvalue weighted by Crippen LogP contribution is -2.20. The van der Waals surface area contributed by atoms with Crippen LogP contribution in [0.4, 0.5) is 17.3 Å². The van der Waals surface area contributed by atoms with Gasteiger partial charge in [-0.1, -0.05) is 20.8 Å². The molecule has 0 aliphatic heterocycles. The molecule has 2 rings (SSSR count). The van der Waals surface area contributed by atoms with E-state index < -0.39 is 4.92 Å². The monoisotopic (exact) mass is 293 g/mol. The average molecular weight is 293 g/mol. The molecule has 2 N–H and O–H groups in total. The van der Waals surface area contributed by atoms with Gasteiger partial charge in [0, 0.05) is 12.6 Å². The first kappa shape index (κ1) is 15.5. The summed E-state index contributed by atoms with van der Waals surface area (Å²) >= 11 is 0. The lowest BCUT2D eigenvalue weighted by Gasteiger charge is -2.18. The van der Waals surface area contributed by atoms with Gasteiger partial charge in [0.1, 0.15) is 6.33 Å². The van der Waals surface area contributed by atoms with Gasteiger partial charge in [-0.15, -0.1) is 0 Å². The topological polar surface area (TPSA) is 93.0 Å². The standard InChI is InChI=1S/C14H23N5O2/c1-4-7-15-12-11(19(20)21)13(17-9-16-12)18-10-5-6-14(2,3)8-10/h9-10H,4-8H2,1-3H3,(H2,15,16,17,18). The van der Waals surface area contributed by atoms with E-state index in [4.69, 9.17) is 0 Å². The number of nitrogens with zero attached hydrogens (tertiary/aromatic N) is 3. The van der Waals surface area contributed by atoms with Gasteiger partial charge in [0.05, 0.1) is 4.92 Å². The Morgan fingerprint density at radius 2 is 2.14 bits per heavy atom. The number of anilines is 2. The zero-order chi connectivity index (χ0) is 15.5. The molecule has 21 heavy (non-hydrogen) atoms. The lowest BCUT2D eigenvalue weighted by molar-refractivity contribution is -0.383. The van der Waals surface area contributed by atoms with Crippen molar-refractivity contribution in [3.63, 3.8) is 0 Å². The molecule has 1 aromatic heterocycles. The van der Waals surface area contributed by atoms with E-state index in [0.29, 0.717) is 12.4 Å². The van der Waals surface area contributed by atoms with Crippen molar-refractivity contribution < 1.29 is 4.92 Å². The van der Waals surface area contributed by atoms with Gasteiger partial charge in [0.25, 0.3) is 0 Å². The maximum absolute atomic E-state index is 11.4. The van der Waals surface area contributed by atoms with Gasteiger partial charge in [-0.2, -0.15) is 0 Å². The first-order valence-electron chi connectivity index (χ1n) is 7.43. The van der Waals surface area contributed by atoms with Crippen LogP contribution < -0.4 is 10.6 Å². The summed E-state index contributed by atoms with van der Waals surface area (Å²) in [7, 11) is 0. The Labute approximate surface area is 124 Å². The fourth-order valence-corrected chi connectivity index (χ4v) is 2.78. The largest absolute Gasteiger partial charge is 0.364 e. The van der Waals surface area contributed by atoms with Crippen LogP contribution in [0.2, 0.25) is 0 Å². The predicted molar refractivity (Wildman–Crippen MR) is 82.5 cm³/mol. The van der Waals surface area contributed by atoms with Crippen molar-refractivity contribution in [1.29, 1.82) is 0 Å². The van der Waals surface area contributed by atoms with Crippen molar-refractivity contribution in [2.75, 3.05) is 17.2 Å². The second kappa shape index (κ2) is 6.24. The van der Waals surface area contributed by atoms with Crippen molar-refractivity contribution in [2.24, 2.45) is 5.41 Å². The van der Waals surface area contributed by atoms with Gasteiger partial charge >= 0.3 is 5.69 Å². The van der Waals surface area contributed by atoms with E-state index in [-0.39, 0.29) is 23.0 Å². The predicted octanol–water partition coefficient (Wildman–Crippen LogP) is 3.20. The maximum atomic E-state index is 11.4. The summed E-state index contributed by atoms with van der Waals surface area (Å²) in [5.74, 6) is 0.605. The van der Waals surface area contributed by atoms with Crippen molar-refractivity contribution in [1.82, 2.24) is 9.97 Å². The van der Waals surface area contributed by atoms with Gasteiger partial charge in [-0.25, -0.2) is 9.97 Å². The molecule has 0 bridgehead atoms. The van der Waals surface area contributed by atoms with Gasteiger partial charge in [-0.05, 0) is 31.1 Å². The van der Waals surface area contributed by atoms with Crippen LogP contribution in [0.1, 0.15) is 46.5 Å². The molecular weight excluding hydrogens is 270 g/mol. The summed E-state index contributed by atoms with van der Waals surface area (Å²) < 4.78 is 0. The van der Waals surface area contributed by atoms with E-state index in [1.807, 2.05) is 6.92 Å². The molecule has 1 aliphatic carbocycles. The van der Waals surface area contributed by atoms with Crippen molar-refractivity contribution in [2.45, 2.75) is 52.5 Å². The molecule has 0 spiro atoms. The quantitative estimate of drug-likeness (QED) is 0.618. The molecule has 0 aromatic carbocycles. The third kappa shape index (κ3) is 3.80. The highest BCUT2D eigenvalue weighted by Crippen LogP contribution is 2.39. The minimum absolute atomic E-state index is 0.0596. The summed E-state index contributed by atoms with van der Waals surface area (Å²) in [5.41, 5.74) is 0.221. The van der Waals surface area contributed by atoms with E-state index >= 15 is 0 Å². The number of nitro groups is 1. The summed E-state index contributed by atoms with van der Waals surface area (Å²) in [6.45, 7) is 7.09. The number of hydrogen-bond donors (Lipinski definition) is 2. The lowest BCUT2D eigenvalue weighted by atomic mass is 9.92. The minimum atomic E-state index is -0.416. The van der Waals surface area contributed by atoms with Crippen molar-refractivity contribution >= 4 is 17.3 Å². The maximum Gasteiger partial charge on any atom is 0.353 e. The van der Waals surface area contributed by atoms with Crippen molar-refractivity contribution in [3.05, 3.63) is 16.4 Å². The molecule has 1 aromatic rings. The third-order valence-electron chi connectivity index (χ3n) is 3.86. The van der Waals surface area contributed by atoms with Crippen LogP contribution in [-0.4, -0.2) is 27.5 Å². The number of hydrogen-bond acceptors (Lipinski definition) is 6. The summed E-state index contributed by atoms with van der Waals surface area (Å²) in [6, 6.07) is 0.229. The van der Waals surface area contributed by atoms with Gasteiger partial charge in [0.15, 0.2) is 0 Å². The van der Waals surface area contributed by atoms with E-state index in [9.17, 15) is 10.1 Å². The molecule has 1 aliphatic rings. The second-order valence-corrected chi connectivity index (χ2v) is 6.35. The smallest absolute Gasteiger partial charge is 0.353 e. The Bertz CT molecular complexity index is 518. The number of nitrogens with one attached hydrogen (secondary N) is 2. The molecule has 116 valence electrons. The Kier molecular flexibility index (Phi) is 4.59. The summed E-state index contributed by atoms with van der Waals surface area (Å²) in [5, 5.41) is 17.6. The molecule has 1 atom stereocenters. The first-order valence-corrected chi connectivity index (χ1v) is 7.43. The Hall–Kier alpha value is -1.92. The minimum Gasteiger partial charge on any atom is -0.364 e. The van der Waals surface area contributed by atoms with Crippen LogP contribution in [0.15, 0.2) is 6.33 Å². The molecule has 0 amide bonds. The van der Waals surface area contributed by atoms with Crippen LogP contribution in [0.3, 0.4) is 0 Å². The summed E-state index contributed by atoms with van der Waals surface area (Å²) in [4.78, 5) is 19.0. The van der Waals surface area contributed by atoms with Crippen LogP contribution in [0, 0.1) is 15.5 Å². The average Bonchev–Trinajstić information content (AvgIpc) is 2.75. The highest BCUT2D eigenvalue weighted by atomic mass is 16.6. The Morgan fingerprint density at radius 3 is 2.71 bits per heavy atom. The van der Waals surface area contributed by atoms with Crippen molar-refractivity contribution in [3.8, 4) is 0 Å². The molecule has 1 heterocycles.